The van der Waals surface area contributed by atoms with Gasteiger partial charge in [0, 0.05) is 23.9 Å². The molecular weight excluding hydrogens is 354 g/mol. The third-order valence-corrected chi connectivity index (χ3v) is 5.94. The van der Waals surface area contributed by atoms with Crippen molar-refractivity contribution >= 4 is 5.91 Å². The van der Waals surface area contributed by atoms with Crippen molar-refractivity contribution in [2.75, 3.05) is 20.4 Å². The Morgan fingerprint density at radius 1 is 1.11 bits per heavy atom. The number of hydrogen-bond acceptors (Lipinski definition) is 4. The molecule has 148 valence electrons. The minimum absolute atomic E-state index is 0.0268. The predicted molar refractivity (Wildman–Crippen MR) is 107 cm³/mol. The van der Waals surface area contributed by atoms with Crippen molar-refractivity contribution in [3.63, 3.8) is 0 Å². The highest BCUT2D eigenvalue weighted by molar-refractivity contribution is 5.76. The summed E-state index contributed by atoms with van der Waals surface area (Å²) in [5.74, 6) is 2.53. The predicted octanol–water partition coefficient (Wildman–Crippen LogP) is 3.98. The van der Waals surface area contributed by atoms with Gasteiger partial charge >= 0.3 is 0 Å². The molecule has 5 heteroatoms. The lowest BCUT2D eigenvalue weighted by atomic mass is 9.78. The van der Waals surface area contributed by atoms with Gasteiger partial charge in [-0.1, -0.05) is 37.1 Å². The van der Waals surface area contributed by atoms with Crippen LogP contribution in [-0.4, -0.2) is 26.4 Å². The van der Waals surface area contributed by atoms with E-state index in [-0.39, 0.29) is 18.1 Å². The molecule has 1 aliphatic heterocycles. The lowest BCUT2D eigenvalue weighted by Gasteiger charge is -2.31. The first-order valence-corrected chi connectivity index (χ1v) is 9.99. The van der Waals surface area contributed by atoms with Crippen LogP contribution in [0.3, 0.4) is 0 Å². The van der Waals surface area contributed by atoms with Crippen LogP contribution in [0.5, 0.6) is 17.2 Å². The normalized spacial score (nSPS) is 16.8. The number of fused-ring (bicyclic) bond motifs is 1. The van der Waals surface area contributed by atoms with Crippen LogP contribution in [0.15, 0.2) is 42.5 Å². The highest BCUT2D eigenvalue weighted by Crippen LogP contribution is 2.44. The van der Waals surface area contributed by atoms with E-state index in [1.54, 1.807) is 7.11 Å². The lowest BCUT2D eigenvalue weighted by Crippen LogP contribution is -2.39. The van der Waals surface area contributed by atoms with E-state index < -0.39 is 0 Å². The zero-order valence-corrected chi connectivity index (χ0v) is 16.3. The number of amides is 1. The molecular formula is C23H27NO4. The molecule has 1 heterocycles. The number of benzene rings is 2. The summed E-state index contributed by atoms with van der Waals surface area (Å²) >= 11 is 0. The van der Waals surface area contributed by atoms with E-state index in [1.165, 1.54) is 18.4 Å². The van der Waals surface area contributed by atoms with Crippen LogP contribution in [0.1, 0.15) is 43.2 Å². The molecule has 0 unspecified atom stereocenters. The Labute approximate surface area is 166 Å². The molecule has 5 nitrogen and oxygen atoms in total. The van der Waals surface area contributed by atoms with Gasteiger partial charge in [0.05, 0.1) is 7.11 Å². The molecule has 0 aromatic heterocycles. The van der Waals surface area contributed by atoms with Gasteiger partial charge in [-0.2, -0.15) is 0 Å². The van der Waals surface area contributed by atoms with Crippen LogP contribution < -0.4 is 19.5 Å². The monoisotopic (exact) mass is 381 g/mol. The fraction of sp³-hybridized carbons (Fsp3) is 0.435. The lowest BCUT2D eigenvalue weighted by molar-refractivity contribution is -0.121. The number of para-hydroxylation sites is 1. The van der Waals surface area contributed by atoms with Gasteiger partial charge in [0.15, 0.2) is 11.5 Å². The van der Waals surface area contributed by atoms with Crippen LogP contribution in [0.2, 0.25) is 0 Å². The van der Waals surface area contributed by atoms with E-state index in [2.05, 4.69) is 17.4 Å². The molecule has 0 saturated heterocycles. The molecule has 1 amide bonds. The van der Waals surface area contributed by atoms with Crippen LogP contribution >= 0.6 is 0 Å². The molecule has 1 saturated carbocycles. The largest absolute Gasteiger partial charge is 0.496 e. The molecule has 2 aliphatic rings. The van der Waals surface area contributed by atoms with Crippen molar-refractivity contribution < 1.29 is 19.0 Å². The Morgan fingerprint density at radius 2 is 1.89 bits per heavy atom. The third kappa shape index (κ3) is 3.79. The summed E-state index contributed by atoms with van der Waals surface area (Å²) in [6.07, 6.45) is 5.67. The Bertz CT molecular complexity index is 842. The average Bonchev–Trinajstić information content (AvgIpc) is 3.40. The van der Waals surface area contributed by atoms with E-state index in [0.29, 0.717) is 19.4 Å². The number of carbonyl (C=O) groups is 1. The molecule has 1 N–H and O–H groups in total. The Hall–Kier alpha value is -2.69. The van der Waals surface area contributed by atoms with Crippen molar-refractivity contribution in [2.45, 2.75) is 43.9 Å². The number of carbonyl (C=O) groups excluding carboxylic acids is 1. The topological polar surface area (TPSA) is 56.8 Å². The second kappa shape index (κ2) is 8.13. The zero-order valence-electron chi connectivity index (χ0n) is 16.3. The summed E-state index contributed by atoms with van der Waals surface area (Å²) in [5.41, 5.74) is 2.27. The molecule has 2 aromatic carbocycles. The van der Waals surface area contributed by atoms with E-state index in [0.717, 1.165) is 35.7 Å². The number of nitrogens with one attached hydrogen (secondary N) is 1. The summed E-state index contributed by atoms with van der Waals surface area (Å²) in [7, 11) is 1.71. The number of hydrogen-bond donors (Lipinski definition) is 1. The first kappa shape index (κ1) is 18.7. The van der Waals surface area contributed by atoms with Gasteiger partial charge in [-0.3, -0.25) is 4.79 Å². The fourth-order valence-corrected chi connectivity index (χ4v) is 4.39. The van der Waals surface area contributed by atoms with Gasteiger partial charge in [-0.25, -0.2) is 0 Å². The molecule has 1 fully saturated rings. The Balaban J connectivity index is 1.37. The van der Waals surface area contributed by atoms with Crippen molar-refractivity contribution in [1.82, 2.24) is 5.32 Å². The maximum Gasteiger partial charge on any atom is 0.231 e. The van der Waals surface area contributed by atoms with Crippen molar-refractivity contribution in [3.8, 4) is 17.2 Å². The van der Waals surface area contributed by atoms with E-state index in [9.17, 15) is 4.79 Å². The van der Waals surface area contributed by atoms with Crippen molar-refractivity contribution in [2.24, 2.45) is 0 Å². The Kier molecular flexibility index (Phi) is 5.42. The van der Waals surface area contributed by atoms with Gasteiger partial charge in [0.25, 0.3) is 0 Å². The molecule has 4 rings (SSSR count). The van der Waals surface area contributed by atoms with Gasteiger partial charge in [-0.05, 0) is 43.0 Å². The first-order chi connectivity index (χ1) is 13.7. The molecule has 2 aromatic rings. The number of rotatable bonds is 7. The number of methoxy groups -OCH3 is 1. The Morgan fingerprint density at radius 3 is 2.71 bits per heavy atom. The molecule has 28 heavy (non-hydrogen) atoms. The first-order valence-electron chi connectivity index (χ1n) is 9.99. The SMILES string of the molecule is COc1ccccc1C1(CNC(=O)CCc2ccc3c(c2)OCO3)CCCC1. The van der Waals surface area contributed by atoms with Gasteiger partial charge in [0.1, 0.15) is 5.75 Å². The standard InChI is InChI=1S/C23H27NO4/c1-26-19-7-3-2-6-18(19)23(12-4-5-13-23)15-24-22(25)11-9-17-8-10-20-21(14-17)28-16-27-20/h2-3,6-8,10,14H,4-5,9,11-13,15-16H2,1H3,(H,24,25). The van der Waals surface area contributed by atoms with Gasteiger partial charge in [-0.15, -0.1) is 0 Å². The molecule has 0 spiro atoms. The maximum atomic E-state index is 12.5. The van der Waals surface area contributed by atoms with Crippen LogP contribution in [0, 0.1) is 0 Å². The second-order valence-electron chi connectivity index (χ2n) is 7.65. The second-order valence-corrected chi connectivity index (χ2v) is 7.65. The molecule has 0 radical (unpaired) electrons. The highest BCUT2D eigenvalue weighted by Gasteiger charge is 2.37. The maximum absolute atomic E-state index is 12.5. The number of ether oxygens (including phenoxy) is 3. The molecule has 0 bridgehead atoms. The van der Waals surface area contributed by atoms with Crippen molar-refractivity contribution in [1.29, 1.82) is 0 Å². The van der Waals surface area contributed by atoms with Crippen LogP contribution in [0.25, 0.3) is 0 Å². The minimum Gasteiger partial charge on any atom is -0.496 e. The summed E-state index contributed by atoms with van der Waals surface area (Å²) in [6, 6.07) is 14.1. The molecule has 0 atom stereocenters. The summed E-state index contributed by atoms with van der Waals surface area (Å²) in [5, 5.41) is 3.19. The summed E-state index contributed by atoms with van der Waals surface area (Å²) in [4.78, 5) is 12.5. The van der Waals surface area contributed by atoms with E-state index in [4.69, 9.17) is 14.2 Å². The van der Waals surface area contributed by atoms with E-state index in [1.807, 2.05) is 30.3 Å². The smallest absolute Gasteiger partial charge is 0.231 e. The minimum atomic E-state index is -0.0268. The van der Waals surface area contributed by atoms with Gasteiger partial charge in [0.2, 0.25) is 12.7 Å². The quantitative estimate of drug-likeness (QED) is 0.788. The van der Waals surface area contributed by atoms with E-state index >= 15 is 0 Å². The third-order valence-electron chi connectivity index (χ3n) is 5.94. The highest BCUT2D eigenvalue weighted by atomic mass is 16.7. The summed E-state index contributed by atoms with van der Waals surface area (Å²) in [6.45, 7) is 0.928. The van der Waals surface area contributed by atoms with Gasteiger partial charge < -0.3 is 19.5 Å². The molecule has 1 aliphatic carbocycles. The fourth-order valence-electron chi connectivity index (χ4n) is 4.39. The van der Waals surface area contributed by atoms with Crippen LogP contribution in [-0.2, 0) is 16.6 Å². The average molecular weight is 381 g/mol. The van der Waals surface area contributed by atoms with Crippen molar-refractivity contribution in [3.05, 3.63) is 53.6 Å². The summed E-state index contributed by atoms with van der Waals surface area (Å²) < 4.78 is 16.3. The number of aryl methyl sites for hydroxylation is 1. The zero-order chi connectivity index (χ0) is 19.4. The van der Waals surface area contributed by atoms with Crippen LogP contribution in [0.4, 0.5) is 0 Å².